The molecule has 2 atom stereocenters. The van der Waals surface area contributed by atoms with E-state index in [1.807, 2.05) is 23.4 Å². The summed E-state index contributed by atoms with van der Waals surface area (Å²) < 4.78 is 0. The van der Waals surface area contributed by atoms with E-state index in [2.05, 4.69) is 35.1 Å². The smallest absolute Gasteiger partial charge is 0.242 e. The maximum atomic E-state index is 12.8. The van der Waals surface area contributed by atoms with E-state index in [0.717, 1.165) is 48.8 Å². The van der Waals surface area contributed by atoms with Crippen LogP contribution in [-0.4, -0.2) is 47.7 Å². The lowest BCUT2D eigenvalue weighted by molar-refractivity contribution is -0.135. The molecule has 0 spiro atoms. The number of likely N-dealkylation sites (tertiary alicyclic amines) is 1. The number of aliphatic imine (C=N–C) groups is 1. The van der Waals surface area contributed by atoms with Gasteiger partial charge in [-0.1, -0.05) is 25.1 Å². The van der Waals surface area contributed by atoms with Crippen LogP contribution >= 0.6 is 0 Å². The standard InChI is InChI=1S/C21H26N4O/c1-14-10-16(13-25(12-14)20(26)21(22)7-8-21)17-6-5-15(11-23-2)19-18(17)4-3-9-24-19/h3-6,9,11,14,16H,7-8,10,12-13,22H2,1-2H3/b23-11-/t14-,16+/m1/s1. The number of carbonyl (C=O) groups is 1. The molecule has 1 aromatic carbocycles. The van der Waals surface area contributed by atoms with Crippen molar-refractivity contribution in [3.8, 4) is 0 Å². The number of nitrogens with zero attached hydrogens (tertiary/aromatic N) is 3. The van der Waals surface area contributed by atoms with Gasteiger partial charge in [0.2, 0.25) is 5.91 Å². The van der Waals surface area contributed by atoms with Gasteiger partial charge in [-0.3, -0.25) is 14.8 Å². The highest BCUT2D eigenvalue weighted by Gasteiger charge is 2.49. The number of hydrogen-bond acceptors (Lipinski definition) is 4. The molecular formula is C21H26N4O. The normalized spacial score (nSPS) is 25.0. The molecule has 2 aromatic rings. The molecule has 1 aromatic heterocycles. The summed E-state index contributed by atoms with van der Waals surface area (Å²) in [5.41, 5.74) is 8.87. The van der Waals surface area contributed by atoms with Crippen molar-refractivity contribution in [3.63, 3.8) is 0 Å². The third-order valence-corrected chi connectivity index (χ3v) is 5.70. The van der Waals surface area contributed by atoms with Crippen LogP contribution in [-0.2, 0) is 4.79 Å². The first kappa shape index (κ1) is 17.2. The van der Waals surface area contributed by atoms with Crippen LogP contribution in [0.4, 0.5) is 0 Å². The predicted molar refractivity (Wildman–Crippen MR) is 105 cm³/mol. The van der Waals surface area contributed by atoms with Gasteiger partial charge >= 0.3 is 0 Å². The van der Waals surface area contributed by atoms with E-state index >= 15 is 0 Å². The van der Waals surface area contributed by atoms with Crippen LogP contribution in [0.3, 0.4) is 0 Å². The molecule has 1 aliphatic heterocycles. The molecule has 0 radical (unpaired) electrons. The molecule has 26 heavy (non-hydrogen) atoms. The summed E-state index contributed by atoms with van der Waals surface area (Å²) in [4.78, 5) is 23.5. The van der Waals surface area contributed by atoms with Gasteiger partial charge in [0.15, 0.2) is 0 Å². The fourth-order valence-corrected chi connectivity index (χ4v) is 4.22. The highest BCUT2D eigenvalue weighted by atomic mass is 16.2. The van der Waals surface area contributed by atoms with Crippen molar-refractivity contribution in [2.45, 2.75) is 37.6 Å². The van der Waals surface area contributed by atoms with Gasteiger partial charge in [-0.25, -0.2) is 0 Å². The zero-order valence-corrected chi connectivity index (χ0v) is 15.5. The lowest BCUT2D eigenvalue weighted by Gasteiger charge is -2.38. The summed E-state index contributed by atoms with van der Waals surface area (Å²) in [6.45, 7) is 3.78. The molecule has 1 amide bonds. The summed E-state index contributed by atoms with van der Waals surface area (Å²) in [5, 5.41) is 1.16. The quantitative estimate of drug-likeness (QED) is 0.865. The van der Waals surface area contributed by atoms with Gasteiger partial charge in [0.05, 0.1) is 11.1 Å². The Morgan fingerprint density at radius 1 is 1.35 bits per heavy atom. The number of rotatable bonds is 3. The minimum Gasteiger partial charge on any atom is -0.340 e. The van der Waals surface area contributed by atoms with Crippen molar-refractivity contribution in [2.24, 2.45) is 16.6 Å². The van der Waals surface area contributed by atoms with Crippen molar-refractivity contribution in [2.75, 3.05) is 20.1 Å². The Morgan fingerprint density at radius 3 is 2.88 bits per heavy atom. The van der Waals surface area contributed by atoms with Crippen molar-refractivity contribution in [1.29, 1.82) is 0 Å². The fraction of sp³-hybridized carbons (Fsp3) is 0.476. The van der Waals surface area contributed by atoms with Gasteiger partial charge < -0.3 is 10.6 Å². The molecule has 5 nitrogen and oxygen atoms in total. The van der Waals surface area contributed by atoms with Crippen LogP contribution < -0.4 is 5.73 Å². The number of benzene rings is 1. The lowest BCUT2D eigenvalue weighted by atomic mass is 9.83. The third-order valence-electron chi connectivity index (χ3n) is 5.70. The Balaban J connectivity index is 1.70. The molecule has 136 valence electrons. The number of piperidine rings is 1. The van der Waals surface area contributed by atoms with E-state index in [1.165, 1.54) is 5.56 Å². The molecule has 2 aliphatic rings. The summed E-state index contributed by atoms with van der Waals surface area (Å²) in [5.74, 6) is 0.902. The molecular weight excluding hydrogens is 324 g/mol. The Kier molecular flexibility index (Phi) is 4.27. The van der Waals surface area contributed by atoms with Crippen LogP contribution in [0.5, 0.6) is 0 Å². The SMILES string of the molecule is C/N=C\c1ccc([C@H]2C[C@@H](C)CN(C(=O)C3(N)CC3)C2)c2cccnc12. The number of hydrogen-bond donors (Lipinski definition) is 1. The Bertz CT molecular complexity index is 871. The van der Waals surface area contributed by atoms with Crippen LogP contribution in [0.25, 0.3) is 10.9 Å². The first-order valence-corrected chi connectivity index (χ1v) is 9.40. The summed E-state index contributed by atoms with van der Waals surface area (Å²) in [6, 6.07) is 8.38. The molecule has 2 N–H and O–H groups in total. The topological polar surface area (TPSA) is 71.6 Å². The van der Waals surface area contributed by atoms with Gasteiger partial charge in [0.1, 0.15) is 0 Å². The number of nitrogens with two attached hydrogens (primary N) is 1. The van der Waals surface area contributed by atoms with Crippen molar-refractivity contribution in [3.05, 3.63) is 41.6 Å². The largest absolute Gasteiger partial charge is 0.340 e. The second-order valence-electron chi connectivity index (χ2n) is 7.93. The number of fused-ring (bicyclic) bond motifs is 1. The molecule has 1 saturated heterocycles. The van der Waals surface area contributed by atoms with Crippen molar-refractivity contribution < 1.29 is 4.79 Å². The minimum atomic E-state index is -0.591. The van der Waals surface area contributed by atoms with Gasteiger partial charge in [-0.15, -0.1) is 0 Å². The summed E-state index contributed by atoms with van der Waals surface area (Å²) >= 11 is 0. The van der Waals surface area contributed by atoms with Crippen molar-refractivity contribution in [1.82, 2.24) is 9.88 Å². The first-order valence-electron chi connectivity index (χ1n) is 9.40. The third kappa shape index (κ3) is 3.01. The number of pyridine rings is 1. The van der Waals surface area contributed by atoms with E-state index in [-0.39, 0.29) is 5.91 Å². The second-order valence-corrected chi connectivity index (χ2v) is 7.93. The lowest BCUT2D eigenvalue weighted by Crippen LogP contribution is -2.50. The van der Waals surface area contributed by atoms with Crippen LogP contribution in [0.2, 0.25) is 0 Å². The molecule has 1 saturated carbocycles. The maximum absolute atomic E-state index is 12.8. The van der Waals surface area contributed by atoms with E-state index < -0.39 is 5.54 Å². The van der Waals surface area contributed by atoms with E-state index in [4.69, 9.17) is 5.73 Å². The van der Waals surface area contributed by atoms with Gasteiger partial charge in [-0.05, 0) is 36.8 Å². The molecule has 5 heteroatoms. The van der Waals surface area contributed by atoms with E-state index in [9.17, 15) is 4.79 Å². The Hall–Kier alpha value is -2.27. The molecule has 1 aliphatic carbocycles. The molecule has 2 heterocycles. The highest BCUT2D eigenvalue weighted by molar-refractivity contribution is 5.99. The minimum absolute atomic E-state index is 0.131. The predicted octanol–water partition coefficient (Wildman–Crippen LogP) is 2.73. The van der Waals surface area contributed by atoms with Gasteiger partial charge in [-0.2, -0.15) is 0 Å². The van der Waals surface area contributed by atoms with Gasteiger partial charge in [0, 0.05) is 49.4 Å². The van der Waals surface area contributed by atoms with E-state index in [0.29, 0.717) is 11.8 Å². The molecule has 4 rings (SSSR count). The number of amides is 1. The van der Waals surface area contributed by atoms with E-state index in [1.54, 1.807) is 7.05 Å². The average molecular weight is 350 g/mol. The highest BCUT2D eigenvalue weighted by Crippen LogP contribution is 2.39. The molecule has 0 bridgehead atoms. The number of aromatic nitrogens is 1. The summed E-state index contributed by atoms with van der Waals surface area (Å²) in [6.07, 6.45) is 6.39. The second kappa shape index (κ2) is 6.47. The monoisotopic (exact) mass is 350 g/mol. The Morgan fingerprint density at radius 2 is 2.15 bits per heavy atom. The Labute approximate surface area is 154 Å². The van der Waals surface area contributed by atoms with Crippen molar-refractivity contribution >= 4 is 23.0 Å². The zero-order chi connectivity index (χ0) is 18.3. The van der Waals surface area contributed by atoms with Crippen LogP contribution in [0, 0.1) is 5.92 Å². The fourth-order valence-electron chi connectivity index (χ4n) is 4.22. The molecule has 2 fully saturated rings. The first-order chi connectivity index (χ1) is 12.5. The van der Waals surface area contributed by atoms with Gasteiger partial charge in [0.25, 0.3) is 0 Å². The zero-order valence-electron chi connectivity index (χ0n) is 15.5. The summed E-state index contributed by atoms with van der Waals surface area (Å²) in [7, 11) is 1.77. The molecule has 0 unspecified atom stereocenters. The van der Waals surface area contributed by atoms with Crippen LogP contribution in [0.1, 0.15) is 43.2 Å². The number of carbonyl (C=O) groups excluding carboxylic acids is 1. The average Bonchev–Trinajstić information content (AvgIpc) is 3.40. The maximum Gasteiger partial charge on any atom is 0.242 e. The van der Waals surface area contributed by atoms with Crippen LogP contribution in [0.15, 0.2) is 35.5 Å².